The Labute approximate surface area is 91.4 Å². The molecular weight excluding hydrogens is 223 g/mol. The van der Waals surface area contributed by atoms with Crippen LogP contribution in [0.4, 0.5) is 13.2 Å². The van der Waals surface area contributed by atoms with E-state index < -0.39 is 28.8 Å². The summed E-state index contributed by atoms with van der Waals surface area (Å²) in [6, 6.07) is 0. The lowest BCUT2D eigenvalue weighted by molar-refractivity contribution is -0.175. The van der Waals surface area contributed by atoms with Crippen LogP contribution in [-0.2, 0) is 9.59 Å². The molecule has 0 heterocycles. The summed E-state index contributed by atoms with van der Waals surface area (Å²) in [6.07, 6.45) is -4.76. The molecule has 0 aliphatic heterocycles. The summed E-state index contributed by atoms with van der Waals surface area (Å²) in [5.41, 5.74) is -2.50. The number of ketones is 1. The molecule has 0 aromatic heterocycles. The Morgan fingerprint density at radius 2 is 1.56 bits per heavy atom. The highest BCUT2D eigenvalue weighted by Gasteiger charge is 2.61. The van der Waals surface area contributed by atoms with E-state index in [1.807, 2.05) is 0 Å². The molecule has 1 rings (SSSR count). The summed E-state index contributed by atoms with van der Waals surface area (Å²) >= 11 is 0. The van der Waals surface area contributed by atoms with Crippen molar-refractivity contribution in [1.82, 2.24) is 5.32 Å². The van der Waals surface area contributed by atoms with Gasteiger partial charge in [0, 0.05) is 5.41 Å². The zero-order valence-corrected chi connectivity index (χ0v) is 9.36. The van der Waals surface area contributed by atoms with E-state index in [9.17, 15) is 22.8 Å². The monoisotopic (exact) mass is 237 g/mol. The van der Waals surface area contributed by atoms with Crippen LogP contribution in [0.5, 0.6) is 0 Å². The summed E-state index contributed by atoms with van der Waals surface area (Å²) in [4.78, 5) is 22.6. The zero-order valence-electron chi connectivity index (χ0n) is 9.36. The van der Waals surface area contributed by atoms with Crippen molar-refractivity contribution in [2.24, 2.45) is 5.41 Å². The van der Waals surface area contributed by atoms with Crippen molar-refractivity contribution in [3.8, 4) is 0 Å². The van der Waals surface area contributed by atoms with Gasteiger partial charge >= 0.3 is 6.18 Å². The second kappa shape index (κ2) is 3.46. The van der Waals surface area contributed by atoms with Crippen LogP contribution < -0.4 is 5.32 Å². The number of carbonyl (C=O) groups is 2. The van der Waals surface area contributed by atoms with Crippen molar-refractivity contribution < 1.29 is 22.8 Å². The SMILES string of the molecule is CC(C)(C)C(=O)NC1(C(=O)C(F)(F)F)CC1. The number of Topliss-reactive ketones (excluding diaryl/α,β-unsaturated/α-hetero) is 1. The third kappa shape index (κ3) is 2.54. The molecule has 3 nitrogen and oxygen atoms in total. The van der Waals surface area contributed by atoms with Crippen molar-refractivity contribution >= 4 is 11.7 Å². The first-order valence-electron chi connectivity index (χ1n) is 4.93. The van der Waals surface area contributed by atoms with E-state index in [1.54, 1.807) is 20.8 Å². The Hall–Kier alpha value is -1.07. The third-order valence-corrected chi connectivity index (χ3v) is 2.48. The van der Waals surface area contributed by atoms with Gasteiger partial charge in [-0.05, 0) is 12.8 Å². The molecular formula is C10H14F3NO2. The highest BCUT2D eigenvalue weighted by atomic mass is 19.4. The largest absolute Gasteiger partial charge is 0.452 e. The van der Waals surface area contributed by atoms with Gasteiger partial charge in [-0.2, -0.15) is 13.2 Å². The summed E-state index contributed by atoms with van der Waals surface area (Å²) in [5.74, 6) is -2.39. The van der Waals surface area contributed by atoms with Gasteiger partial charge in [0.25, 0.3) is 5.78 Å². The highest BCUT2D eigenvalue weighted by Crippen LogP contribution is 2.42. The lowest BCUT2D eigenvalue weighted by Gasteiger charge is -2.23. The predicted molar refractivity (Wildman–Crippen MR) is 50.6 cm³/mol. The van der Waals surface area contributed by atoms with Crippen LogP contribution in [0.2, 0.25) is 0 Å². The topological polar surface area (TPSA) is 46.2 Å². The quantitative estimate of drug-likeness (QED) is 0.796. The van der Waals surface area contributed by atoms with Gasteiger partial charge in [-0.1, -0.05) is 20.8 Å². The number of halogens is 3. The molecule has 0 atom stereocenters. The first-order valence-corrected chi connectivity index (χ1v) is 4.93. The Morgan fingerprint density at radius 1 is 1.12 bits per heavy atom. The molecule has 1 N–H and O–H groups in total. The fourth-order valence-corrected chi connectivity index (χ4v) is 1.21. The minimum atomic E-state index is -4.89. The Bertz CT molecular complexity index is 324. The first kappa shape index (κ1) is 13.0. The molecule has 6 heteroatoms. The van der Waals surface area contributed by atoms with Crippen LogP contribution in [0.25, 0.3) is 0 Å². The molecule has 0 unspecified atom stereocenters. The molecule has 0 saturated heterocycles. The van der Waals surface area contributed by atoms with Crippen molar-refractivity contribution in [1.29, 1.82) is 0 Å². The van der Waals surface area contributed by atoms with Crippen LogP contribution in [0.3, 0.4) is 0 Å². The molecule has 92 valence electrons. The second-order valence-electron chi connectivity index (χ2n) is 5.11. The van der Waals surface area contributed by atoms with E-state index >= 15 is 0 Å². The lowest BCUT2D eigenvalue weighted by Crippen LogP contribution is -2.51. The van der Waals surface area contributed by atoms with Crippen LogP contribution >= 0.6 is 0 Å². The fraction of sp³-hybridized carbons (Fsp3) is 0.800. The van der Waals surface area contributed by atoms with Gasteiger partial charge < -0.3 is 5.32 Å². The van der Waals surface area contributed by atoms with Crippen molar-refractivity contribution in [3.63, 3.8) is 0 Å². The van der Waals surface area contributed by atoms with E-state index in [4.69, 9.17) is 0 Å². The van der Waals surface area contributed by atoms with E-state index in [2.05, 4.69) is 5.32 Å². The Morgan fingerprint density at radius 3 is 1.81 bits per heavy atom. The molecule has 0 aromatic rings. The van der Waals surface area contributed by atoms with Gasteiger partial charge in [-0.15, -0.1) is 0 Å². The van der Waals surface area contributed by atoms with Crippen molar-refractivity contribution in [2.45, 2.75) is 45.3 Å². The van der Waals surface area contributed by atoms with Crippen molar-refractivity contribution in [3.05, 3.63) is 0 Å². The minimum absolute atomic E-state index is 0.0627. The number of amides is 1. The number of nitrogens with one attached hydrogen (secondary N) is 1. The number of alkyl halides is 3. The summed E-state index contributed by atoms with van der Waals surface area (Å²) in [6.45, 7) is 4.74. The molecule has 1 aliphatic rings. The fourth-order valence-electron chi connectivity index (χ4n) is 1.21. The van der Waals surface area contributed by atoms with E-state index in [-0.39, 0.29) is 12.8 Å². The van der Waals surface area contributed by atoms with Gasteiger partial charge in [-0.25, -0.2) is 0 Å². The average Bonchev–Trinajstić information content (AvgIpc) is 2.81. The number of hydrogen-bond donors (Lipinski definition) is 1. The number of rotatable bonds is 2. The van der Waals surface area contributed by atoms with E-state index in [0.717, 1.165) is 0 Å². The average molecular weight is 237 g/mol. The molecule has 1 amide bonds. The molecule has 1 saturated carbocycles. The summed E-state index contributed by atoms with van der Waals surface area (Å²) in [7, 11) is 0. The maximum atomic E-state index is 12.2. The normalized spacial score (nSPS) is 19.1. The number of hydrogen-bond acceptors (Lipinski definition) is 2. The van der Waals surface area contributed by atoms with Gasteiger partial charge in [0.05, 0.1) is 0 Å². The highest BCUT2D eigenvalue weighted by molar-refractivity contribution is 5.99. The van der Waals surface area contributed by atoms with E-state index in [0.29, 0.717) is 0 Å². The Kier molecular flexibility index (Phi) is 2.81. The summed E-state index contributed by atoms with van der Waals surface area (Å²) < 4.78 is 36.7. The molecule has 1 fully saturated rings. The molecule has 0 spiro atoms. The third-order valence-electron chi connectivity index (χ3n) is 2.48. The van der Waals surface area contributed by atoms with Crippen LogP contribution in [-0.4, -0.2) is 23.4 Å². The Balaban J connectivity index is 2.75. The smallest absolute Gasteiger partial charge is 0.343 e. The van der Waals surface area contributed by atoms with Gasteiger partial charge in [0.15, 0.2) is 0 Å². The molecule has 0 radical (unpaired) electrons. The first-order chi connectivity index (χ1) is 6.99. The van der Waals surface area contributed by atoms with Gasteiger partial charge in [0.1, 0.15) is 5.54 Å². The van der Waals surface area contributed by atoms with Gasteiger partial charge in [0.2, 0.25) is 5.91 Å². The lowest BCUT2D eigenvalue weighted by atomic mass is 9.94. The number of carbonyl (C=O) groups excluding carboxylic acids is 2. The minimum Gasteiger partial charge on any atom is -0.343 e. The van der Waals surface area contributed by atoms with Crippen LogP contribution in [0.15, 0.2) is 0 Å². The van der Waals surface area contributed by atoms with Crippen LogP contribution in [0, 0.1) is 5.41 Å². The molecule has 1 aliphatic carbocycles. The van der Waals surface area contributed by atoms with Crippen LogP contribution in [0.1, 0.15) is 33.6 Å². The van der Waals surface area contributed by atoms with E-state index in [1.165, 1.54) is 0 Å². The molecule has 16 heavy (non-hydrogen) atoms. The maximum Gasteiger partial charge on any atom is 0.452 e. The molecule has 0 bridgehead atoms. The van der Waals surface area contributed by atoms with Gasteiger partial charge in [-0.3, -0.25) is 9.59 Å². The zero-order chi connectivity index (χ0) is 12.8. The molecule has 0 aromatic carbocycles. The maximum absolute atomic E-state index is 12.2. The second-order valence-corrected chi connectivity index (χ2v) is 5.11. The summed E-state index contributed by atoms with van der Waals surface area (Å²) in [5, 5.41) is 2.21. The van der Waals surface area contributed by atoms with Crippen molar-refractivity contribution in [2.75, 3.05) is 0 Å². The predicted octanol–water partition coefficient (Wildman–Crippen LogP) is 1.81. The standard InChI is InChI=1S/C10H14F3NO2/c1-8(2,3)7(16)14-9(4-5-9)6(15)10(11,12)13/h4-5H2,1-3H3,(H,14,16).